The summed E-state index contributed by atoms with van der Waals surface area (Å²) < 4.78 is 31.3. The predicted molar refractivity (Wildman–Crippen MR) is 176 cm³/mol. The maximum atomic E-state index is 13.0. The second-order valence-electron chi connectivity index (χ2n) is 10.5. The zero-order chi connectivity index (χ0) is 35.4. The summed E-state index contributed by atoms with van der Waals surface area (Å²) in [6.45, 7) is 14.3. The molecule has 0 atom stereocenters. The van der Waals surface area contributed by atoms with Crippen molar-refractivity contribution in [3.63, 3.8) is 0 Å². The number of esters is 5. The molecule has 0 N–H and O–H groups in total. The first kappa shape index (κ1) is 36.5. The van der Waals surface area contributed by atoms with E-state index in [9.17, 15) is 24.0 Å². The minimum atomic E-state index is -0.763. The summed E-state index contributed by atoms with van der Waals surface area (Å²) in [5.74, 6) is -2.55. The molecule has 0 saturated carbocycles. The third-order valence-electron chi connectivity index (χ3n) is 6.46. The summed E-state index contributed by atoms with van der Waals surface area (Å²) in [6, 6.07) is 16.6. The Labute approximate surface area is 278 Å². The van der Waals surface area contributed by atoms with Gasteiger partial charge in [0.05, 0.1) is 18.2 Å². The Kier molecular flexibility index (Phi) is 13.0. The quantitative estimate of drug-likeness (QED) is 0.0619. The molecule has 11 heteroatoms. The van der Waals surface area contributed by atoms with Gasteiger partial charge in [0, 0.05) is 28.3 Å². The fourth-order valence-corrected chi connectivity index (χ4v) is 3.99. The van der Waals surface area contributed by atoms with Crippen LogP contribution in [0, 0.1) is 0 Å². The average molecular weight is 657 g/mol. The zero-order valence-corrected chi connectivity index (χ0v) is 27.2. The molecule has 0 aliphatic rings. The second-order valence-corrected chi connectivity index (χ2v) is 10.5. The van der Waals surface area contributed by atoms with Crippen LogP contribution in [0.2, 0.25) is 0 Å². The lowest BCUT2D eigenvalue weighted by molar-refractivity contribution is -0.140. The van der Waals surface area contributed by atoms with E-state index in [0.29, 0.717) is 22.6 Å². The van der Waals surface area contributed by atoms with Crippen molar-refractivity contribution in [2.75, 3.05) is 33.5 Å². The van der Waals surface area contributed by atoms with E-state index in [2.05, 4.69) is 19.7 Å². The molecule has 11 nitrogen and oxygen atoms in total. The fourth-order valence-electron chi connectivity index (χ4n) is 3.99. The molecule has 0 bridgehead atoms. The molecular formula is C37H36O11. The van der Waals surface area contributed by atoms with E-state index in [1.54, 1.807) is 49.4 Å². The van der Waals surface area contributed by atoms with Gasteiger partial charge in [0.1, 0.15) is 37.9 Å². The third-order valence-corrected chi connectivity index (χ3v) is 6.46. The van der Waals surface area contributed by atoms with Crippen LogP contribution in [-0.2, 0) is 33.3 Å². The number of ether oxygens (including phenoxy) is 6. The summed E-state index contributed by atoms with van der Waals surface area (Å²) in [6.07, 6.45) is 0. The lowest BCUT2D eigenvalue weighted by Crippen LogP contribution is -2.16. The molecule has 48 heavy (non-hydrogen) atoms. The molecule has 0 aliphatic carbocycles. The third kappa shape index (κ3) is 10.3. The van der Waals surface area contributed by atoms with E-state index in [4.69, 9.17) is 28.4 Å². The van der Waals surface area contributed by atoms with Crippen LogP contribution in [0.15, 0.2) is 97.1 Å². The van der Waals surface area contributed by atoms with Crippen LogP contribution in [0.4, 0.5) is 0 Å². The number of hydrogen-bond acceptors (Lipinski definition) is 11. The minimum absolute atomic E-state index is 0.0463. The lowest BCUT2D eigenvalue weighted by Gasteiger charge is -2.13. The van der Waals surface area contributed by atoms with E-state index in [0.717, 1.165) is 11.1 Å². The van der Waals surface area contributed by atoms with E-state index in [1.807, 2.05) is 12.1 Å². The molecule has 3 aromatic carbocycles. The smallest absolute Gasteiger partial charge is 0.338 e. The van der Waals surface area contributed by atoms with Crippen molar-refractivity contribution in [3.05, 3.63) is 108 Å². The first-order valence-electron chi connectivity index (χ1n) is 14.6. The summed E-state index contributed by atoms with van der Waals surface area (Å²) >= 11 is 0. The van der Waals surface area contributed by atoms with E-state index >= 15 is 0 Å². The SMILES string of the molecule is C=C(C)C(=O)OCCOC(=O)c1cc(C(=O)OCCOC(=O)C(=C)C)cc(-c2ccc(-c3ccc(OC(=O)C(=C)C)cc3OC)cc2)c1. The topological polar surface area (TPSA) is 141 Å². The first-order chi connectivity index (χ1) is 22.8. The summed E-state index contributed by atoms with van der Waals surface area (Å²) in [5, 5.41) is 0. The Morgan fingerprint density at radius 2 is 1.00 bits per heavy atom. The van der Waals surface area contributed by atoms with Gasteiger partial charge in [-0.15, -0.1) is 0 Å². The Balaban J connectivity index is 1.87. The molecule has 0 amide bonds. The summed E-state index contributed by atoms with van der Waals surface area (Å²) in [4.78, 5) is 61.1. The monoisotopic (exact) mass is 656 g/mol. The molecule has 3 aromatic rings. The van der Waals surface area contributed by atoms with Gasteiger partial charge in [-0.25, -0.2) is 24.0 Å². The van der Waals surface area contributed by atoms with Crippen molar-refractivity contribution in [1.29, 1.82) is 0 Å². The normalized spacial score (nSPS) is 10.2. The van der Waals surface area contributed by atoms with Gasteiger partial charge in [0.25, 0.3) is 0 Å². The van der Waals surface area contributed by atoms with Crippen LogP contribution in [0.3, 0.4) is 0 Å². The molecule has 3 rings (SSSR count). The molecule has 0 unspecified atom stereocenters. The van der Waals surface area contributed by atoms with Gasteiger partial charge < -0.3 is 28.4 Å². The van der Waals surface area contributed by atoms with Crippen LogP contribution in [-0.4, -0.2) is 63.4 Å². The lowest BCUT2D eigenvalue weighted by atomic mass is 9.97. The van der Waals surface area contributed by atoms with Crippen LogP contribution in [0.5, 0.6) is 11.5 Å². The Hall–Kier alpha value is -5.97. The molecule has 0 aromatic heterocycles. The molecular weight excluding hydrogens is 620 g/mol. The standard InChI is InChI=1S/C37H36O11/c1-22(2)33(38)44-14-16-46-36(41)28-18-27(19-29(20-28)37(42)47-17-15-45-34(39)23(3)4)25-8-10-26(11-9-25)31-13-12-30(21-32(31)43-7)48-35(40)24(5)6/h8-13,18-21H,1,3,5,14-17H2,2,4,6-7H3. The second kappa shape index (κ2) is 17.1. The van der Waals surface area contributed by atoms with E-state index < -0.39 is 29.8 Å². The summed E-state index contributed by atoms with van der Waals surface area (Å²) in [7, 11) is 1.50. The number of carbonyl (C=O) groups is 5. The highest BCUT2D eigenvalue weighted by Gasteiger charge is 2.18. The number of methoxy groups -OCH3 is 1. The zero-order valence-electron chi connectivity index (χ0n) is 27.2. The van der Waals surface area contributed by atoms with Gasteiger partial charge in [-0.3, -0.25) is 0 Å². The molecule has 0 spiro atoms. The number of hydrogen-bond donors (Lipinski definition) is 0. The minimum Gasteiger partial charge on any atom is -0.496 e. The number of carbonyl (C=O) groups excluding carboxylic acids is 5. The molecule has 0 radical (unpaired) electrons. The Bertz CT molecular complexity index is 1690. The fraction of sp³-hybridized carbons (Fsp3) is 0.216. The van der Waals surface area contributed by atoms with Gasteiger partial charge >= 0.3 is 29.8 Å². The van der Waals surface area contributed by atoms with Gasteiger partial charge in [-0.2, -0.15) is 0 Å². The van der Waals surface area contributed by atoms with Crippen LogP contribution in [0.25, 0.3) is 22.3 Å². The van der Waals surface area contributed by atoms with E-state index in [1.165, 1.54) is 27.0 Å². The van der Waals surface area contributed by atoms with Crippen LogP contribution >= 0.6 is 0 Å². The van der Waals surface area contributed by atoms with Crippen molar-refractivity contribution in [2.24, 2.45) is 0 Å². The first-order valence-corrected chi connectivity index (χ1v) is 14.6. The molecule has 0 saturated heterocycles. The average Bonchev–Trinajstić information content (AvgIpc) is 3.07. The molecule has 0 heterocycles. The molecule has 0 fully saturated rings. The van der Waals surface area contributed by atoms with Crippen LogP contribution < -0.4 is 9.47 Å². The highest BCUT2D eigenvalue weighted by atomic mass is 16.6. The van der Waals surface area contributed by atoms with Gasteiger partial charge in [0.15, 0.2) is 0 Å². The van der Waals surface area contributed by atoms with Gasteiger partial charge in [0.2, 0.25) is 0 Å². The van der Waals surface area contributed by atoms with Crippen molar-refractivity contribution in [3.8, 4) is 33.8 Å². The van der Waals surface area contributed by atoms with Crippen molar-refractivity contribution < 1.29 is 52.4 Å². The maximum Gasteiger partial charge on any atom is 0.338 e. The summed E-state index contributed by atoms with van der Waals surface area (Å²) in [5.41, 5.74) is 3.41. The largest absolute Gasteiger partial charge is 0.496 e. The van der Waals surface area contributed by atoms with Crippen molar-refractivity contribution >= 4 is 29.8 Å². The van der Waals surface area contributed by atoms with Gasteiger partial charge in [-0.1, -0.05) is 44.0 Å². The highest BCUT2D eigenvalue weighted by molar-refractivity contribution is 5.98. The predicted octanol–water partition coefficient (Wildman–Crippen LogP) is 6.06. The maximum absolute atomic E-state index is 13.0. The van der Waals surface area contributed by atoms with E-state index in [-0.39, 0.29) is 54.3 Å². The van der Waals surface area contributed by atoms with Crippen molar-refractivity contribution in [1.82, 2.24) is 0 Å². The number of benzene rings is 3. The van der Waals surface area contributed by atoms with Crippen LogP contribution in [0.1, 0.15) is 41.5 Å². The molecule has 250 valence electrons. The Morgan fingerprint density at radius 3 is 1.46 bits per heavy atom. The number of rotatable bonds is 15. The van der Waals surface area contributed by atoms with Crippen molar-refractivity contribution in [2.45, 2.75) is 20.8 Å². The Morgan fingerprint density at radius 1 is 0.542 bits per heavy atom. The highest BCUT2D eigenvalue weighted by Crippen LogP contribution is 2.35. The van der Waals surface area contributed by atoms with Gasteiger partial charge in [-0.05, 0) is 67.8 Å². The molecule has 0 aliphatic heterocycles.